The van der Waals surface area contributed by atoms with Crippen molar-refractivity contribution >= 4 is 0 Å². The minimum atomic E-state index is -0.112. The van der Waals surface area contributed by atoms with E-state index in [-0.39, 0.29) is 11.9 Å². The van der Waals surface area contributed by atoms with Gasteiger partial charge in [0.2, 0.25) is 0 Å². The monoisotopic (exact) mass is 251 g/mol. The fraction of sp³-hybridized carbons (Fsp3) is 0.625. The molecule has 1 aromatic rings. The van der Waals surface area contributed by atoms with Crippen molar-refractivity contribution in [3.63, 3.8) is 0 Å². The van der Waals surface area contributed by atoms with Crippen molar-refractivity contribution in [1.82, 2.24) is 5.32 Å². The Morgan fingerprint density at radius 2 is 1.94 bits per heavy atom. The second-order valence-electron chi connectivity index (χ2n) is 5.07. The second kappa shape index (κ2) is 8.25. The molecule has 0 fully saturated rings. The van der Waals surface area contributed by atoms with E-state index >= 15 is 0 Å². The van der Waals surface area contributed by atoms with Gasteiger partial charge in [0.1, 0.15) is 5.82 Å². The Kier molecular flexibility index (Phi) is 6.96. The Balaban J connectivity index is 2.44. The molecule has 0 radical (unpaired) electrons. The molecule has 1 aromatic carbocycles. The molecule has 102 valence electrons. The zero-order valence-electron chi connectivity index (χ0n) is 11.9. The van der Waals surface area contributed by atoms with Gasteiger partial charge in [0.25, 0.3) is 0 Å². The van der Waals surface area contributed by atoms with E-state index in [9.17, 15) is 4.39 Å². The van der Waals surface area contributed by atoms with Crippen molar-refractivity contribution in [2.75, 3.05) is 6.54 Å². The third kappa shape index (κ3) is 4.77. The zero-order valence-corrected chi connectivity index (χ0v) is 11.9. The van der Waals surface area contributed by atoms with Gasteiger partial charge in [-0.05, 0) is 31.9 Å². The Hall–Kier alpha value is -0.890. The van der Waals surface area contributed by atoms with E-state index in [1.807, 2.05) is 19.1 Å². The predicted molar refractivity (Wildman–Crippen MR) is 76.1 cm³/mol. The van der Waals surface area contributed by atoms with Crippen molar-refractivity contribution in [2.24, 2.45) is 5.92 Å². The molecule has 0 bridgehead atoms. The van der Waals surface area contributed by atoms with Gasteiger partial charge in [-0.25, -0.2) is 4.39 Å². The summed E-state index contributed by atoms with van der Waals surface area (Å²) in [5.74, 6) is 0.596. The van der Waals surface area contributed by atoms with E-state index in [4.69, 9.17) is 0 Å². The summed E-state index contributed by atoms with van der Waals surface area (Å²) >= 11 is 0. The highest BCUT2D eigenvalue weighted by atomic mass is 19.1. The topological polar surface area (TPSA) is 12.0 Å². The lowest BCUT2D eigenvalue weighted by Crippen LogP contribution is -2.26. The van der Waals surface area contributed by atoms with E-state index in [2.05, 4.69) is 19.2 Å². The number of benzene rings is 1. The predicted octanol–water partition coefficient (Wildman–Crippen LogP) is 4.69. The van der Waals surface area contributed by atoms with Crippen molar-refractivity contribution in [3.05, 3.63) is 35.6 Å². The molecule has 0 amide bonds. The van der Waals surface area contributed by atoms with Crippen molar-refractivity contribution in [3.8, 4) is 0 Å². The maximum atomic E-state index is 13.6. The number of unbranched alkanes of at least 4 members (excludes halogenated alkanes) is 1. The van der Waals surface area contributed by atoms with Crippen LogP contribution in [-0.2, 0) is 0 Å². The Labute approximate surface area is 111 Å². The molecule has 2 unspecified atom stereocenters. The van der Waals surface area contributed by atoms with Crippen molar-refractivity contribution in [1.29, 1.82) is 0 Å². The van der Waals surface area contributed by atoms with Crippen molar-refractivity contribution < 1.29 is 4.39 Å². The number of hydrogen-bond donors (Lipinski definition) is 1. The van der Waals surface area contributed by atoms with Crippen LogP contribution in [0.5, 0.6) is 0 Å². The van der Waals surface area contributed by atoms with Gasteiger partial charge < -0.3 is 5.32 Å². The molecule has 2 atom stereocenters. The Morgan fingerprint density at radius 3 is 2.56 bits per heavy atom. The first-order chi connectivity index (χ1) is 8.69. The molecule has 0 spiro atoms. The molecule has 1 rings (SSSR count). The lowest BCUT2D eigenvalue weighted by atomic mass is 9.98. The van der Waals surface area contributed by atoms with Crippen LogP contribution < -0.4 is 5.32 Å². The molecule has 0 saturated carbocycles. The van der Waals surface area contributed by atoms with Crippen LogP contribution in [0.3, 0.4) is 0 Å². The maximum Gasteiger partial charge on any atom is 0.127 e. The summed E-state index contributed by atoms with van der Waals surface area (Å²) < 4.78 is 13.6. The number of nitrogens with one attached hydrogen (secondary N) is 1. The van der Waals surface area contributed by atoms with E-state index in [0.29, 0.717) is 5.92 Å². The van der Waals surface area contributed by atoms with Crippen molar-refractivity contribution in [2.45, 2.75) is 52.5 Å². The normalized spacial score (nSPS) is 14.4. The summed E-state index contributed by atoms with van der Waals surface area (Å²) in [4.78, 5) is 0. The van der Waals surface area contributed by atoms with E-state index in [0.717, 1.165) is 12.1 Å². The summed E-state index contributed by atoms with van der Waals surface area (Å²) in [5, 5.41) is 3.46. The molecule has 0 saturated heterocycles. The van der Waals surface area contributed by atoms with Crippen LogP contribution in [0.25, 0.3) is 0 Å². The second-order valence-corrected chi connectivity index (χ2v) is 5.07. The SMILES string of the molecule is CCCCC(CC)CNC(C)c1ccccc1F. The van der Waals surface area contributed by atoms with Gasteiger partial charge in [-0.15, -0.1) is 0 Å². The number of halogens is 1. The number of rotatable bonds is 8. The van der Waals surface area contributed by atoms with Gasteiger partial charge in [-0.1, -0.05) is 51.3 Å². The van der Waals surface area contributed by atoms with Gasteiger partial charge in [0.05, 0.1) is 0 Å². The standard InChI is InChI=1S/C16H26FN/c1-4-6-9-14(5-2)12-18-13(3)15-10-7-8-11-16(15)17/h7-8,10-11,13-14,18H,4-6,9,12H2,1-3H3. The number of hydrogen-bond acceptors (Lipinski definition) is 1. The average Bonchev–Trinajstić information content (AvgIpc) is 2.39. The Bertz CT molecular complexity index is 338. The first kappa shape index (κ1) is 15.2. The van der Waals surface area contributed by atoms with Crippen LogP contribution in [0.2, 0.25) is 0 Å². The Morgan fingerprint density at radius 1 is 1.22 bits per heavy atom. The van der Waals surface area contributed by atoms with Gasteiger partial charge >= 0.3 is 0 Å². The fourth-order valence-corrected chi connectivity index (χ4v) is 2.22. The smallest absolute Gasteiger partial charge is 0.127 e. The van der Waals surface area contributed by atoms with Crippen LogP contribution in [0, 0.1) is 11.7 Å². The van der Waals surface area contributed by atoms with Crippen LogP contribution in [-0.4, -0.2) is 6.54 Å². The third-order valence-electron chi connectivity index (χ3n) is 3.63. The van der Waals surface area contributed by atoms with Crippen LogP contribution in [0.1, 0.15) is 58.1 Å². The minimum Gasteiger partial charge on any atom is -0.310 e. The van der Waals surface area contributed by atoms with E-state index in [1.54, 1.807) is 6.07 Å². The molecule has 0 aliphatic rings. The molecule has 0 heterocycles. The molecule has 1 N–H and O–H groups in total. The third-order valence-corrected chi connectivity index (χ3v) is 3.63. The van der Waals surface area contributed by atoms with Crippen LogP contribution in [0.15, 0.2) is 24.3 Å². The largest absolute Gasteiger partial charge is 0.310 e. The van der Waals surface area contributed by atoms with Crippen LogP contribution in [0.4, 0.5) is 4.39 Å². The highest BCUT2D eigenvalue weighted by Gasteiger charge is 2.12. The fourth-order valence-electron chi connectivity index (χ4n) is 2.22. The summed E-state index contributed by atoms with van der Waals surface area (Å²) in [6.07, 6.45) is 4.99. The summed E-state index contributed by atoms with van der Waals surface area (Å²) in [7, 11) is 0. The zero-order chi connectivity index (χ0) is 13.4. The first-order valence-electron chi connectivity index (χ1n) is 7.16. The molecular weight excluding hydrogens is 225 g/mol. The summed E-state index contributed by atoms with van der Waals surface area (Å²) in [6, 6.07) is 7.11. The molecule has 1 nitrogen and oxygen atoms in total. The lowest BCUT2D eigenvalue weighted by molar-refractivity contribution is 0.394. The highest BCUT2D eigenvalue weighted by Crippen LogP contribution is 2.18. The van der Waals surface area contributed by atoms with Crippen LogP contribution >= 0.6 is 0 Å². The van der Waals surface area contributed by atoms with E-state index < -0.39 is 0 Å². The van der Waals surface area contributed by atoms with Gasteiger partial charge in [-0.3, -0.25) is 0 Å². The van der Waals surface area contributed by atoms with Gasteiger partial charge in [-0.2, -0.15) is 0 Å². The molecular formula is C16H26FN. The highest BCUT2D eigenvalue weighted by molar-refractivity contribution is 5.20. The lowest BCUT2D eigenvalue weighted by Gasteiger charge is -2.20. The molecule has 0 aliphatic carbocycles. The van der Waals surface area contributed by atoms with Gasteiger partial charge in [0, 0.05) is 11.6 Å². The minimum absolute atomic E-state index is 0.0851. The molecule has 0 aromatic heterocycles. The summed E-state index contributed by atoms with van der Waals surface area (Å²) in [5.41, 5.74) is 0.767. The summed E-state index contributed by atoms with van der Waals surface area (Å²) in [6.45, 7) is 7.47. The van der Waals surface area contributed by atoms with E-state index in [1.165, 1.54) is 31.7 Å². The van der Waals surface area contributed by atoms with Gasteiger partial charge in [0.15, 0.2) is 0 Å². The quantitative estimate of drug-likeness (QED) is 0.706. The molecule has 0 aliphatic heterocycles. The molecule has 2 heteroatoms. The first-order valence-corrected chi connectivity index (χ1v) is 7.16. The average molecular weight is 251 g/mol. The molecule has 18 heavy (non-hydrogen) atoms. The maximum absolute atomic E-state index is 13.6.